The summed E-state index contributed by atoms with van der Waals surface area (Å²) in [4.78, 5) is 19.8. The Hall–Kier alpha value is 0.930. The Labute approximate surface area is 285 Å². The molecule has 0 amide bonds. The maximum absolute atomic E-state index is 9.69. The predicted octanol–water partition coefficient (Wildman–Crippen LogP) is 13.5. The van der Waals surface area contributed by atoms with Gasteiger partial charge < -0.3 is 4.89 Å². The SMILES string of the molecule is CCCCCCCCCCCCCCCCSCCOOP(O)OOCCSCCCCCCCCCCCCCCCC. The van der Waals surface area contributed by atoms with Crippen LogP contribution in [-0.4, -0.2) is 41.1 Å². The van der Waals surface area contributed by atoms with E-state index < -0.39 is 8.60 Å². The van der Waals surface area contributed by atoms with Gasteiger partial charge in [-0.2, -0.15) is 32.9 Å². The zero-order valence-corrected chi connectivity index (χ0v) is 31.9. The van der Waals surface area contributed by atoms with Crippen LogP contribution in [0.5, 0.6) is 0 Å². The molecule has 0 aliphatic carbocycles. The van der Waals surface area contributed by atoms with Gasteiger partial charge in [0.25, 0.3) is 0 Å². The standard InChI is InChI=1S/C36H75O5PS2/c1-3-5-7-9-11-13-15-17-19-21-23-25-27-29-33-43-35-31-38-40-42(37)41-39-32-36-44-34-30-28-26-24-22-20-18-16-14-12-10-8-6-4-2/h37H,3-36H2,1-2H3. The van der Waals surface area contributed by atoms with E-state index >= 15 is 0 Å². The van der Waals surface area contributed by atoms with Gasteiger partial charge in [0.15, 0.2) is 0 Å². The average Bonchev–Trinajstić information content (AvgIpc) is 3.03. The van der Waals surface area contributed by atoms with Crippen LogP contribution in [0, 0.1) is 0 Å². The maximum atomic E-state index is 9.69. The van der Waals surface area contributed by atoms with E-state index in [1.807, 2.05) is 23.5 Å². The smallest absolute Gasteiger partial charge is 0.325 e. The van der Waals surface area contributed by atoms with Gasteiger partial charge in [0, 0.05) is 11.5 Å². The molecule has 0 spiro atoms. The molecule has 266 valence electrons. The Balaban J connectivity index is 3.13. The highest BCUT2D eigenvalue weighted by Gasteiger charge is 2.09. The van der Waals surface area contributed by atoms with E-state index in [1.165, 1.54) is 180 Å². The molecular weight excluding hydrogens is 607 g/mol. The molecule has 0 saturated carbocycles. The van der Waals surface area contributed by atoms with Crippen LogP contribution in [0.2, 0.25) is 0 Å². The third-order valence-electron chi connectivity index (χ3n) is 8.14. The third kappa shape index (κ3) is 41.0. The molecule has 0 aliphatic rings. The minimum absolute atomic E-state index is 0.446. The van der Waals surface area contributed by atoms with Crippen molar-refractivity contribution in [1.82, 2.24) is 0 Å². The molecule has 0 atom stereocenters. The quantitative estimate of drug-likeness (QED) is 0.0299. The summed E-state index contributed by atoms with van der Waals surface area (Å²) in [6, 6.07) is 0. The Kier molecular flexibility index (Phi) is 42.8. The largest absolute Gasteiger partial charge is 0.389 e. The highest BCUT2D eigenvalue weighted by atomic mass is 32.2. The first-order chi connectivity index (χ1) is 21.8. The summed E-state index contributed by atoms with van der Waals surface area (Å²) < 4.78 is 9.72. The van der Waals surface area contributed by atoms with E-state index in [0.29, 0.717) is 13.2 Å². The molecule has 0 aromatic carbocycles. The van der Waals surface area contributed by atoms with Crippen molar-refractivity contribution in [3.8, 4) is 0 Å². The van der Waals surface area contributed by atoms with Crippen molar-refractivity contribution in [1.29, 1.82) is 0 Å². The van der Waals surface area contributed by atoms with Gasteiger partial charge in [-0.05, 0) is 24.3 Å². The molecule has 0 fully saturated rings. The summed E-state index contributed by atoms with van der Waals surface area (Å²) in [5.74, 6) is 4.04. The van der Waals surface area contributed by atoms with E-state index in [2.05, 4.69) is 13.8 Å². The van der Waals surface area contributed by atoms with Crippen LogP contribution in [-0.2, 0) is 19.1 Å². The van der Waals surface area contributed by atoms with Gasteiger partial charge in [-0.3, -0.25) is 0 Å². The number of hydrogen-bond acceptors (Lipinski definition) is 7. The molecule has 0 rings (SSSR count). The van der Waals surface area contributed by atoms with E-state index in [0.717, 1.165) is 23.0 Å². The van der Waals surface area contributed by atoms with Gasteiger partial charge in [0.05, 0.1) is 13.2 Å². The lowest BCUT2D eigenvalue weighted by Crippen LogP contribution is -2.01. The van der Waals surface area contributed by atoms with Crippen molar-refractivity contribution in [2.45, 2.75) is 194 Å². The fraction of sp³-hybridized carbons (Fsp3) is 1.00. The van der Waals surface area contributed by atoms with Crippen LogP contribution >= 0.6 is 32.1 Å². The molecule has 0 radical (unpaired) electrons. The van der Waals surface area contributed by atoms with E-state index in [-0.39, 0.29) is 0 Å². The van der Waals surface area contributed by atoms with Crippen LogP contribution in [0.25, 0.3) is 0 Å². The summed E-state index contributed by atoms with van der Waals surface area (Å²) in [6.45, 7) is 5.46. The van der Waals surface area contributed by atoms with E-state index in [9.17, 15) is 4.89 Å². The van der Waals surface area contributed by atoms with Crippen molar-refractivity contribution in [3.63, 3.8) is 0 Å². The second kappa shape index (κ2) is 42.0. The van der Waals surface area contributed by atoms with Crippen LogP contribution < -0.4 is 0 Å². The summed E-state index contributed by atoms with van der Waals surface area (Å²) in [5, 5.41) is 0. The lowest BCUT2D eigenvalue weighted by molar-refractivity contribution is -0.262. The lowest BCUT2D eigenvalue weighted by atomic mass is 10.0. The fourth-order valence-electron chi connectivity index (χ4n) is 5.36. The molecule has 1 N–H and O–H groups in total. The zero-order chi connectivity index (χ0) is 31.9. The third-order valence-corrected chi connectivity index (χ3v) is 10.7. The highest BCUT2D eigenvalue weighted by Crippen LogP contribution is 2.33. The van der Waals surface area contributed by atoms with Gasteiger partial charge >= 0.3 is 8.60 Å². The molecule has 8 heteroatoms. The first kappa shape index (κ1) is 44.9. The molecule has 0 saturated heterocycles. The normalized spacial score (nSPS) is 11.7. The molecule has 0 aliphatic heterocycles. The van der Waals surface area contributed by atoms with Gasteiger partial charge in [0.1, 0.15) is 0 Å². The Bertz CT molecular complexity index is 465. The highest BCUT2D eigenvalue weighted by molar-refractivity contribution is 7.99. The molecule has 5 nitrogen and oxygen atoms in total. The second-order valence-electron chi connectivity index (χ2n) is 12.4. The molecule has 0 heterocycles. The predicted molar refractivity (Wildman–Crippen MR) is 198 cm³/mol. The summed E-state index contributed by atoms with van der Waals surface area (Å²) >= 11 is 3.75. The van der Waals surface area contributed by atoms with Crippen molar-refractivity contribution in [2.75, 3.05) is 36.2 Å². The van der Waals surface area contributed by atoms with Crippen molar-refractivity contribution in [2.24, 2.45) is 0 Å². The molecular formula is C36H75O5PS2. The Morgan fingerprint density at radius 3 is 0.886 bits per heavy atom. The molecule has 0 aromatic heterocycles. The van der Waals surface area contributed by atoms with Crippen molar-refractivity contribution in [3.05, 3.63) is 0 Å². The molecule has 0 bridgehead atoms. The maximum Gasteiger partial charge on any atom is 0.389 e. The Morgan fingerprint density at radius 2 is 0.614 bits per heavy atom. The van der Waals surface area contributed by atoms with Gasteiger partial charge in [-0.15, -0.1) is 0 Å². The number of thioether (sulfide) groups is 2. The average molecular weight is 683 g/mol. The Morgan fingerprint density at radius 1 is 0.364 bits per heavy atom. The van der Waals surface area contributed by atoms with Gasteiger partial charge in [0.2, 0.25) is 0 Å². The minimum Gasteiger partial charge on any atom is -0.325 e. The first-order valence-corrected chi connectivity index (χ1v) is 22.5. The zero-order valence-electron chi connectivity index (χ0n) is 29.4. The van der Waals surface area contributed by atoms with Crippen molar-refractivity contribution < 1.29 is 24.0 Å². The van der Waals surface area contributed by atoms with Crippen LogP contribution in [0.1, 0.15) is 194 Å². The van der Waals surface area contributed by atoms with E-state index in [1.54, 1.807) is 0 Å². The summed E-state index contributed by atoms with van der Waals surface area (Å²) in [7, 11) is -2.13. The first-order valence-electron chi connectivity index (χ1n) is 19.0. The summed E-state index contributed by atoms with van der Waals surface area (Å²) in [5.41, 5.74) is 0. The second-order valence-corrected chi connectivity index (χ2v) is 15.7. The molecule has 0 unspecified atom stereocenters. The lowest BCUT2D eigenvalue weighted by Gasteiger charge is -2.09. The van der Waals surface area contributed by atoms with Crippen LogP contribution in [0.15, 0.2) is 0 Å². The monoisotopic (exact) mass is 682 g/mol. The van der Waals surface area contributed by atoms with Crippen LogP contribution in [0.3, 0.4) is 0 Å². The summed E-state index contributed by atoms with van der Waals surface area (Å²) in [6.07, 6.45) is 39.1. The number of hydrogen-bond donors (Lipinski definition) is 1. The van der Waals surface area contributed by atoms with E-state index in [4.69, 9.17) is 19.1 Å². The molecule has 44 heavy (non-hydrogen) atoms. The number of unbranched alkanes of at least 4 members (excludes halogenated alkanes) is 26. The topological polar surface area (TPSA) is 57.2 Å². The minimum atomic E-state index is -2.13. The number of rotatable bonds is 40. The van der Waals surface area contributed by atoms with Gasteiger partial charge in [-0.1, -0.05) is 181 Å². The fourth-order valence-corrected chi connectivity index (χ4v) is 7.32. The van der Waals surface area contributed by atoms with Crippen molar-refractivity contribution >= 4 is 32.1 Å². The van der Waals surface area contributed by atoms with Gasteiger partial charge in [-0.25, -0.2) is 9.78 Å². The molecule has 0 aromatic rings. The van der Waals surface area contributed by atoms with Crippen LogP contribution in [0.4, 0.5) is 0 Å².